The van der Waals surface area contributed by atoms with Crippen molar-refractivity contribution in [2.24, 2.45) is 0 Å². The van der Waals surface area contributed by atoms with Crippen LogP contribution in [0.1, 0.15) is 5.76 Å². The maximum absolute atomic E-state index is 5.75. The lowest BCUT2D eigenvalue weighted by Crippen LogP contribution is -1.98. The van der Waals surface area contributed by atoms with Gasteiger partial charge in [0.1, 0.15) is 17.1 Å². The summed E-state index contributed by atoms with van der Waals surface area (Å²) in [5.74, 6) is 1.76. The van der Waals surface area contributed by atoms with Gasteiger partial charge in [0.05, 0.1) is 13.7 Å². The highest BCUT2D eigenvalue weighted by molar-refractivity contribution is 5.77. The van der Waals surface area contributed by atoms with Gasteiger partial charge in [0.2, 0.25) is 0 Å². The van der Waals surface area contributed by atoms with Crippen LogP contribution in [0.4, 0.5) is 5.69 Å². The van der Waals surface area contributed by atoms with Crippen molar-refractivity contribution in [2.45, 2.75) is 6.54 Å². The summed E-state index contributed by atoms with van der Waals surface area (Å²) in [6.07, 6.45) is 0. The van der Waals surface area contributed by atoms with E-state index in [1.807, 2.05) is 48.5 Å². The number of ether oxygens (including phenoxy) is 1. The van der Waals surface area contributed by atoms with Crippen molar-refractivity contribution in [3.63, 3.8) is 0 Å². The van der Waals surface area contributed by atoms with Crippen LogP contribution in [0.2, 0.25) is 0 Å². The van der Waals surface area contributed by atoms with E-state index in [-0.39, 0.29) is 0 Å². The zero-order valence-electron chi connectivity index (χ0n) is 10.7. The molecule has 0 aliphatic rings. The van der Waals surface area contributed by atoms with Gasteiger partial charge < -0.3 is 14.5 Å². The molecule has 1 heterocycles. The lowest BCUT2D eigenvalue weighted by Gasteiger charge is -2.06. The molecule has 3 rings (SSSR count). The normalized spacial score (nSPS) is 10.6. The van der Waals surface area contributed by atoms with Crippen molar-refractivity contribution in [2.75, 3.05) is 12.4 Å². The molecule has 3 aromatic rings. The summed E-state index contributed by atoms with van der Waals surface area (Å²) >= 11 is 0. The van der Waals surface area contributed by atoms with Gasteiger partial charge in [-0.05, 0) is 24.3 Å². The molecule has 0 saturated heterocycles. The Morgan fingerprint density at radius 1 is 1.05 bits per heavy atom. The van der Waals surface area contributed by atoms with Crippen LogP contribution in [-0.4, -0.2) is 7.11 Å². The maximum Gasteiger partial charge on any atom is 0.134 e. The Balaban J connectivity index is 1.74. The number of furan rings is 1. The van der Waals surface area contributed by atoms with E-state index in [4.69, 9.17) is 9.15 Å². The third-order valence-electron chi connectivity index (χ3n) is 3.01. The van der Waals surface area contributed by atoms with E-state index in [1.165, 1.54) is 0 Å². The minimum atomic E-state index is 0.655. The summed E-state index contributed by atoms with van der Waals surface area (Å²) in [4.78, 5) is 0. The Hall–Kier alpha value is -2.42. The molecule has 0 saturated carbocycles. The van der Waals surface area contributed by atoms with E-state index in [0.717, 1.165) is 28.2 Å². The van der Waals surface area contributed by atoms with Gasteiger partial charge >= 0.3 is 0 Å². The fraction of sp³-hybridized carbons (Fsp3) is 0.125. The van der Waals surface area contributed by atoms with Crippen molar-refractivity contribution in [1.29, 1.82) is 0 Å². The van der Waals surface area contributed by atoms with Gasteiger partial charge in [0.15, 0.2) is 0 Å². The average molecular weight is 253 g/mol. The smallest absolute Gasteiger partial charge is 0.134 e. The second-order valence-electron chi connectivity index (χ2n) is 4.34. The van der Waals surface area contributed by atoms with Crippen LogP contribution in [0.25, 0.3) is 11.0 Å². The lowest BCUT2D eigenvalue weighted by molar-refractivity contribution is 0.415. The highest BCUT2D eigenvalue weighted by atomic mass is 16.5. The van der Waals surface area contributed by atoms with Crippen molar-refractivity contribution in [3.8, 4) is 5.75 Å². The molecule has 0 aliphatic heterocycles. The number of hydrogen-bond acceptors (Lipinski definition) is 3. The standard InChI is InChI=1S/C16H15NO2/c1-18-14-7-4-6-13(10-14)17-11-15-9-12-5-2-3-8-16(12)19-15/h2-10,17H,11H2,1H3. The number of hydrogen-bond donors (Lipinski definition) is 1. The lowest BCUT2D eigenvalue weighted by atomic mass is 10.2. The second-order valence-corrected chi connectivity index (χ2v) is 4.34. The largest absolute Gasteiger partial charge is 0.497 e. The minimum Gasteiger partial charge on any atom is -0.497 e. The summed E-state index contributed by atoms with van der Waals surface area (Å²) < 4.78 is 10.9. The molecule has 0 unspecified atom stereocenters. The molecule has 0 aliphatic carbocycles. The molecule has 0 radical (unpaired) electrons. The molecule has 2 aromatic carbocycles. The van der Waals surface area contributed by atoms with Crippen LogP contribution in [0.5, 0.6) is 5.75 Å². The predicted molar refractivity (Wildman–Crippen MR) is 76.5 cm³/mol. The number of fused-ring (bicyclic) bond motifs is 1. The van der Waals surface area contributed by atoms with Crippen molar-refractivity contribution in [3.05, 3.63) is 60.4 Å². The molecule has 1 aromatic heterocycles. The van der Waals surface area contributed by atoms with Crippen LogP contribution in [0.15, 0.2) is 59.0 Å². The van der Waals surface area contributed by atoms with Crippen LogP contribution in [-0.2, 0) is 6.54 Å². The summed E-state index contributed by atoms with van der Waals surface area (Å²) in [5.41, 5.74) is 1.93. The third-order valence-corrected chi connectivity index (χ3v) is 3.01. The van der Waals surface area contributed by atoms with E-state index in [1.54, 1.807) is 7.11 Å². The molecule has 0 atom stereocenters. The second kappa shape index (κ2) is 5.06. The molecular weight excluding hydrogens is 238 g/mol. The number of methoxy groups -OCH3 is 1. The fourth-order valence-electron chi connectivity index (χ4n) is 2.05. The predicted octanol–water partition coefficient (Wildman–Crippen LogP) is 4.05. The van der Waals surface area contributed by atoms with Crippen molar-refractivity contribution in [1.82, 2.24) is 0 Å². The van der Waals surface area contributed by atoms with Crippen molar-refractivity contribution >= 4 is 16.7 Å². The fourth-order valence-corrected chi connectivity index (χ4v) is 2.05. The van der Waals surface area contributed by atoms with Gasteiger partial charge in [-0.2, -0.15) is 0 Å². The zero-order valence-corrected chi connectivity index (χ0v) is 10.7. The minimum absolute atomic E-state index is 0.655. The summed E-state index contributed by atoms with van der Waals surface area (Å²) in [6.45, 7) is 0.655. The van der Waals surface area contributed by atoms with Crippen LogP contribution in [0, 0.1) is 0 Å². The first-order valence-corrected chi connectivity index (χ1v) is 6.20. The molecule has 96 valence electrons. The Morgan fingerprint density at radius 3 is 2.79 bits per heavy atom. The monoisotopic (exact) mass is 253 g/mol. The maximum atomic E-state index is 5.75. The average Bonchev–Trinajstić information content (AvgIpc) is 2.88. The third kappa shape index (κ3) is 2.55. The van der Waals surface area contributed by atoms with E-state index in [0.29, 0.717) is 6.54 Å². The molecule has 0 spiro atoms. The van der Waals surface area contributed by atoms with Gasteiger partial charge in [0, 0.05) is 17.1 Å². The number of anilines is 1. The highest BCUT2D eigenvalue weighted by Gasteiger charge is 2.03. The number of nitrogens with one attached hydrogen (secondary N) is 1. The zero-order chi connectivity index (χ0) is 13.1. The quantitative estimate of drug-likeness (QED) is 0.761. The topological polar surface area (TPSA) is 34.4 Å². The Kier molecular flexibility index (Phi) is 3.11. The number of benzene rings is 2. The Bertz CT molecular complexity index is 655. The first kappa shape index (κ1) is 11.7. The summed E-state index contributed by atoms with van der Waals surface area (Å²) in [6, 6.07) is 17.9. The van der Waals surface area contributed by atoms with Crippen LogP contribution in [0.3, 0.4) is 0 Å². The van der Waals surface area contributed by atoms with E-state index in [2.05, 4.69) is 11.4 Å². The van der Waals surface area contributed by atoms with Gasteiger partial charge in [-0.1, -0.05) is 24.3 Å². The number of rotatable bonds is 4. The van der Waals surface area contributed by atoms with E-state index >= 15 is 0 Å². The van der Waals surface area contributed by atoms with E-state index < -0.39 is 0 Å². The van der Waals surface area contributed by atoms with Gasteiger partial charge in [-0.25, -0.2) is 0 Å². The molecular formula is C16H15NO2. The SMILES string of the molecule is COc1cccc(NCc2cc3ccccc3o2)c1. The Morgan fingerprint density at radius 2 is 1.95 bits per heavy atom. The van der Waals surface area contributed by atoms with Crippen LogP contribution < -0.4 is 10.1 Å². The summed E-state index contributed by atoms with van der Waals surface area (Å²) in [5, 5.41) is 4.45. The molecule has 0 amide bonds. The Labute approximate surface area is 111 Å². The first-order valence-electron chi connectivity index (χ1n) is 6.20. The molecule has 0 fully saturated rings. The molecule has 3 nitrogen and oxygen atoms in total. The first-order chi connectivity index (χ1) is 9.35. The number of para-hydroxylation sites is 1. The van der Waals surface area contributed by atoms with Crippen LogP contribution >= 0.6 is 0 Å². The van der Waals surface area contributed by atoms with E-state index in [9.17, 15) is 0 Å². The molecule has 3 heteroatoms. The van der Waals surface area contributed by atoms with Crippen molar-refractivity contribution < 1.29 is 9.15 Å². The highest BCUT2D eigenvalue weighted by Crippen LogP contribution is 2.21. The molecule has 19 heavy (non-hydrogen) atoms. The molecule has 1 N–H and O–H groups in total. The summed E-state index contributed by atoms with van der Waals surface area (Å²) in [7, 11) is 1.67. The van der Waals surface area contributed by atoms with Gasteiger partial charge in [-0.3, -0.25) is 0 Å². The van der Waals surface area contributed by atoms with Gasteiger partial charge in [0.25, 0.3) is 0 Å². The molecule has 0 bridgehead atoms. The van der Waals surface area contributed by atoms with Gasteiger partial charge in [-0.15, -0.1) is 0 Å².